The summed E-state index contributed by atoms with van der Waals surface area (Å²) in [5.74, 6) is 0. The van der Waals surface area contributed by atoms with Crippen LogP contribution in [-0.2, 0) is 4.74 Å². The van der Waals surface area contributed by atoms with E-state index < -0.39 is 8.07 Å². The lowest BCUT2D eigenvalue weighted by molar-refractivity contribution is 0.214. The van der Waals surface area contributed by atoms with Crippen molar-refractivity contribution in [1.82, 2.24) is 0 Å². The number of methoxy groups -OCH3 is 1. The molecule has 0 aliphatic rings. The molecule has 2 heteroatoms. The van der Waals surface area contributed by atoms with Gasteiger partial charge in [-0.3, -0.25) is 0 Å². The van der Waals surface area contributed by atoms with Gasteiger partial charge >= 0.3 is 0 Å². The second-order valence-corrected chi connectivity index (χ2v) is 8.84. The van der Waals surface area contributed by atoms with Crippen LogP contribution in [0.4, 0.5) is 0 Å². The predicted molar refractivity (Wildman–Crippen MR) is 60.2 cm³/mol. The van der Waals surface area contributed by atoms with Crippen molar-refractivity contribution >= 4 is 13.3 Å². The minimum absolute atomic E-state index is 0.883. The van der Waals surface area contributed by atoms with Crippen LogP contribution in [0.1, 0.15) is 0 Å². The summed E-state index contributed by atoms with van der Waals surface area (Å²) in [5.41, 5.74) is 0. The maximum Gasteiger partial charge on any atom is 0.0828 e. The number of hydrogen-bond donors (Lipinski definition) is 0. The fraction of sp³-hybridized carbons (Fsp3) is 0.455. The van der Waals surface area contributed by atoms with Gasteiger partial charge in [0, 0.05) is 13.7 Å². The Kier molecular flexibility index (Phi) is 3.69. The van der Waals surface area contributed by atoms with Crippen molar-refractivity contribution in [1.29, 1.82) is 0 Å². The number of ether oxygens (including phenoxy) is 1. The van der Waals surface area contributed by atoms with Gasteiger partial charge in [-0.2, -0.15) is 0 Å². The standard InChI is InChI=1S/C11H18OSi/c1-12-9-10-13(2,3)11-7-5-4-6-8-11/h4-8H,9-10H2,1-3H3. The molecule has 1 aromatic carbocycles. The fourth-order valence-electron chi connectivity index (χ4n) is 1.39. The largest absolute Gasteiger partial charge is 0.385 e. The summed E-state index contributed by atoms with van der Waals surface area (Å²) in [6.07, 6.45) is 0. The number of benzene rings is 1. The second kappa shape index (κ2) is 4.58. The molecule has 72 valence electrons. The van der Waals surface area contributed by atoms with Crippen molar-refractivity contribution in [2.24, 2.45) is 0 Å². The Morgan fingerprint density at radius 3 is 2.31 bits per heavy atom. The minimum Gasteiger partial charge on any atom is -0.385 e. The van der Waals surface area contributed by atoms with E-state index in [-0.39, 0.29) is 0 Å². The summed E-state index contributed by atoms with van der Waals surface area (Å²) < 4.78 is 5.13. The van der Waals surface area contributed by atoms with Crippen molar-refractivity contribution in [3.05, 3.63) is 30.3 Å². The quantitative estimate of drug-likeness (QED) is 0.668. The average Bonchev–Trinajstić information content (AvgIpc) is 2.16. The van der Waals surface area contributed by atoms with Crippen LogP contribution in [0.2, 0.25) is 19.1 Å². The predicted octanol–water partition coefficient (Wildman–Crippen LogP) is 2.25. The Morgan fingerprint density at radius 1 is 1.15 bits per heavy atom. The zero-order valence-corrected chi connectivity index (χ0v) is 9.71. The van der Waals surface area contributed by atoms with Crippen LogP contribution in [0.3, 0.4) is 0 Å². The van der Waals surface area contributed by atoms with Crippen LogP contribution in [0.5, 0.6) is 0 Å². The maximum atomic E-state index is 5.13. The molecule has 0 N–H and O–H groups in total. The van der Waals surface area contributed by atoms with E-state index in [0.717, 1.165) is 6.61 Å². The summed E-state index contributed by atoms with van der Waals surface area (Å²) in [6.45, 7) is 5.66. The first-order valence-electron chi connectivity index (χ1n) is 4.71. The molecular weight excluding hydrogens is 176 g/mol. The molecule has 0 aromatic heterocycles. The van der Waals surface area contributed by atoms with Gasteiger partial charge in [0.05, 0.1) is 8.07 Å². The highest BCUT2D eigenvalue weighted by Gasteiger charge is 2.21. The first-order chi connectivity index (χ1) is 6.17. The maximum absolute atomic E-state index is 5.13. The Balaban J connectivity index is 2.69. The van der Waals surface area contributed by atoms with Gasteiger partial charge in [-0.25, -0.2) is 0 Å². The van der Waals surface area contributed by atoms with Gasteiger partial charge in [0.25, 0.3) is 0 Å². The van der Waals surface area contributed by atoms with E-state index in [0.29, 0.717) is 0 Å². The van der Waals surface area contributed by atoms with Crippen LogP contribution in [0, 0.1) is 0 Å². The fourth-order valence-corrected chi connectivity index (χ4v) is 3.49. The van der Waals surface area contributed by atoms with Gasteiger partial charge in [-0.05, 0) is 6.04 Å². The third kappa shape index (κ3) is 2.97. The molecule has 0 fully saturated rings. The van der Waals surface area contributed by atoms with Crippen LogP contribution < -0.4 is 5.19 Å². The molecule has 0 heterocycles. The molecule has 0 aliphatic heterocycles. The molecule has 1 nitrogen and oxygen atoms in total. The molecule has 0 saturated carbocycles. The second-order valence-electron chi connectivity index (χ2n) is 3.99. The third-order valence-electron chi connectivity index (χ3n) is 2.49. The first kappa shape index (κ1) is 10.5. The monoisotopic (exact) mass is 194 g/mol. The lowest BCUT2D eigenvalue weighted by atomic mass is 10.4. The number of rotatable bonds is 4. The van der Waals surface area contributed by atoms with Gasteiger partial charge in [-0.15, -0.1) is 0 Å². The molecule has 0 saturated heterocycles. The normalized spacial score (nSPS) is 11.6. The van der Waals surface area contributed by atoms with Crippen molar-refractivity contribution in [3.8, 4) is 0 Å². The number of hydrogen-bond acceptors (Lipinski definition) is 1. The van der Waals surface area contributed by atoms with Gasteiger partial charge < -0.3 is 4.74 Å². The van der Waals surface area contributed by atoms with E-state index >= 15 is 0 Å². The van der Waals surface area contributed by atoms with Gasteiger partial charge in [-0.1, -0.05) is 48.6 Å². The summed E-state index contributed by atoms with van der Waals surface area (Å²) >= 11 is 0. The zero-order chi connectivity index (χ0) is 9.73. The van der Waals surface area contributed by atoms with Crippen molar-refractivity contribution in [2.75, 3.05) is 13.7 Å². The van der Waals surface area contributed by atoms with Crippen molar-refractivity contribution in [3.63, 3.8) is 0 Å². The minimum atomic E-state index is -1.23. The van der Waals surface area contributed by atoms with Crippen molar-refractivity contribution in [2.45, 2.75) is 19.1 Å². The Labute approximate surface area is 81.8 Å². The van der Waals surface area contributed by atoms with E-state index in [4.69, 9.17) is 4.74 Å². The molecule has 13 heavy (non-hydrogen) atoms. The highest BCUT2D eigenvalue weighted by Crippen LogP contribution is 2.09. The van der Waals surface area contributed by atoms with E-state index in [1.807, 2.05) is 0 Å². The van der Waals surface area contributed by atoms with Crippen LogP contribution in [-0.4, -0.2) is 21.8 Å². The van der Waals surface area contributed by atoms with Crippen LogP contribution >= 0.6 is 0 Å². The zero-order valence-electron chi connectivity index (χ0n) is 8.71. The molecule has 0 aliphatic carbocycles. The molecule has 0 unspecified atom stereocenters. The van der Waals surface area contributed by atoms with E-state index in [9.17, 15) is 0 Å². The molecule has 0 spiro atoms. The van der Waals surface area contributed by atoms with E-state index in [1.165, 1.54) is 11.2 Å². The Morgan fingerprint density at radius 2 is 1.77 bits per heavy atom. The van der Waals surface area contributed by atoms with Gasteiger partial charge in [0.1, 0.15) is 0 Å². The summed E-state index contributed by atoms with van der Waals surface area (Å²) in [6, 6.07) is 12.0. The van der Waals surface area contributed by atoms with Crippen LogP contribution in [0.15, 0.2) is 30.3 Å². The SMILES string of the molecule is COCC[Si](C)(C)c1ccccc1. The summed E-state index contributed by atoms with van der Waals surface area (Å²) in [7, 11) is 0.548. The molecule has 0 radical (unpaired) electrons. The molecular formula is C11H18OSi. The molecule has 1 aromatic rings. The van der Waals surface area contributed by atoms with Gasteiger partial charge in [0.15, 0.2) is 0 Å². The molecule has 0 bridgehead atoms. The molecule has 1 rings (SSSR count). The topological polar surface area (TPSA) is 9.23 Å². The first-order valence-corrected chi connectivity index (χ1v) is 7.92. The summed E-state index contributed by atoms with van der Waals surface area (Å²) in [5, 5.41) is 1.52. The Bertz CT molecular complexity index is 244. The lowest BCUT2D eigenvalue weighted by Gasteiger charge is -2.22. The lowest BCUT2D eigenvalue weighted by Crippen LogP contribution is -2.41. The van der Waals surface area contributed by atoms with Crippen LogP contribution in [0.25, 0.3) is 0 Å². The summed E-state index contributed by atoms with van der Waals surface area (Å²) in [4.78, 5) is 0. The van der Waals surface area contributed by atoms with Gasteiger partial charge in [0.2, 0.25) is 0 Å². The smallest absolute Gasteiger partial charge is 0.0828 e. The van der Waals surface area contributed by atoms with Crippen molar-refractivity contribution < 1.29 is 4.74 Å². The highest BCUT2D eigenvalue weighted by atomic mass is 28.3. The molecule has 0 atom stereocenters. The third-order valence-corrected chi connectivity index (χ3v) is 5.84. The Hall–Kier alpha value is -0.603. The van der Waals surface area contributed by atoms with E-state index in [2.05, 4.69) is 43.4 Å². The highest BCUT2D eigenvalue weighted by molar-refractivity contribution is 6.89. The average molecular weight is 194 g/mol. The van der Waals surface area contributed by atoms with E-state index in [1.54, 1.807) is 7.11 Å². The molecule has 0 amide bonds.